The van der Waals surface area contributed by atoms with E-state index in [0.717, 1.165) is 17.1 Å². The molecule has 0 aliphatic heterocycles. The second-order valence-corrected chi connectivity index (χ2v) is 4.45. The quantitative estimate of drug-likeness (QED) is 0.877. The topological polar surface area (TPSA) is 50.4 Å². The Kier molecular flexibility index (Phi) is 4.60. The molecule has 0 aromatic heterocycles. The summed E-state index contributed by atoms with van der Waals surface area (Å²) >= 11 is 0. The molecule has 0 aliphatic rings. The molecule has 1 unspecified atom stereocenters. The Balaban J connectivity index is 1.93. The second kappa shape index (κ2) is 6.61. The van der Waals surface area contributed by atoms with Crippen LogP contribution >= 0.6 is 0 Å². The highest BCUT2D eigenvalue weighted by Gasteiger charge is 2.12. The molecular weight excluding hydrogens is 252 g/mol. The van der Waals surface area contributed by atoms with Gasteiger partial charge in [-0.3, -0.25) is 4.79 Å². The number of carbonyl (C=O) groups excluding carboxylic acids is 1. The van der Waals surface area contributed by atoms with Gasteiger partial charge < -0.3 is 15.4 Å². The van der Waals surface area contributed by atoms with Crippen molar-refractivity contribution in [2.24, 2.45) is 0 Å². The van der Waals surface area contributed by atoms with Gasteiger partial charge in [-0.2, -0.15) is 0 Å². The summed E-state index contributed by atoms with van der Waals surface area (Å²) in [7, 11) is 1.61. The van der Waals surface area contributed by atoms with Gasteiger partial charge >= 0.3 is 0 Å². The first-order valence-corrected chi connectivity index (χ1v) is 6.45. The number of amides is 1. The molecule has 4 heteroatoms. The maximum Gasteiger partial charge on any atom is 0.246 e. The Bertz CT molecular complexity index is 552. The fraction of sp³-hybridized carbons (Fsp3) is 0.188. The summed E-state index contributed by atoms with van der Waals surface area (Å²) in [6, 6.07) is 16.6. The standard InChI is InChI=1S/C16H18N2O2/c1-12(17-13-6-4-3-5-7-13)16(19)18-14-8-10-15(20-2)11-9-14/h3-12,17H,1-2H3,(H,18,19). The van der Waals surface area contributed by atoms with E-state index in [2.05, 4.69) is 10.6 Å². The highest BCUT2D eigenvalue weighted by molar-refractivity contribution is 5.96. The van der Waals surface area contributed by atoms with E-state index in [1.54, 1.807) is 7.11 Å². The molecule has 2 aromatic rings. The molecule has 2 rings (SSSR count). The van der Waals surface area contributed by atoms with Crippen LogP contribution in [0.3, 0.4) is 0 Å². The first-order chi connectivity index (χ1) is 9.69. The van der Waals surface area contributed by atoms with Crippen LogP contribution in [0.2, 0.25) is 0 Å². The van der Waals surface area contributed by atoms with Gasteiger partial charge in [0.25, 0.3) is 0 Å². The van der Waals surface area contributed by atoms with E-state index in [-0.39, 0.29) is 11.9 Å². The fourth-order valence-corrected chi connectivity index (χ4v) is 1.77. The number of methoxy groups -OCH3 is 1. The fourth-order valence-electron chi connectivity index (χ4n) is 1.77. The Morgan fingerprint density at radius 2 is 1.65 bits per heavy atom. The first kappa shape index (κ1) is 13.9. The van der Waals surface area contributed by atoms with Crippen molar-refractivity contribution in [1.29, 1.82) is 0 Å². The molecule has 1 amide bonds. The SMILES string of the molecule is COc1ccc(NC(=O)C(C)Nc2ccccc2)cc1. The molecule has 2 N–H and O–H groups in total. The minimum absolute atomic E-state index is 0.0842. The predicted molar refractivity (Wildman–Crippen MR) is 81.2 cm³/mol. The molecular formula is C16H18N2O2. The average molecular weight is 270 g/mol. The highest BCUT2D eigenvalue weighted by Crippen LogP contribution is 2.15. The van der Waals surface area contributed by atoms with Crippen molar-refractivity contribution in [3.8, 4) is 5.75 Å². The molecule has 0 heterocycles. The van der Waals surface area contributed by atoms with Crippen molar-refractivity contribution in [1.82, 2.24) is 0 Å². The van der Waals surface area contributed by atoms with Gasteiger partial charge in [0.2, 0.25) is 5.91 Å². The number of hydrogen-bond acceptors (Lipinski definition) is 3. The number of carbonyl (C=O) groups is 1. The summed E-state index contributed by atoms with van der Waals surface area (Å²) in [5.41, 5.74) is 1.67. The third-order valence-corrected chi connectivity index (χ3v) is 2.91. The van der Waals surface area contributed by atoms with Gasteiger partial charge in [0, 0.05) is 11.4 Å². The molecule has 0 aliphatic carbocycles. The smallest absolute Gasteiger partial charge is 0.246 e. The van der Waals surface area contributed by atoms with Crippen molar-refractivity contribution in [3.63, 3.8) is 0 Å². The van der Waals surface area contributed by atoms with Crippen LogP contribution in [0.15, 0.2) is 54.6 Å². The van der Waals surface area contributed by atoms with Gasteiger partial charge in [0.15, 0.2) is 0 Å². The maximum absolute atomic E-state index is 12.1. The Morgan fingerprint density at radius 1 is 1.00 bits per heavy atom. The lowest BCUT2D eigenvalue weighted by atomic mass is 10.2. The zero-order chi connectivity index (χ0) is 14.4. The first-order valence-electron chi connectivity index (χ1n) is 6.45. The molecule has 0 saturated carbocycles. The minimum Gasteiger partial charge on any atom is -0.497 e. The summed E-state index contributed by atoms with van der Waals surface area (Å²) in [4.78, 5) is 12.1. The number of anilines is 2. The van der Waals surface area contributed by atoms with E-state index in [1.807, 2.05) is 61.5 Å². The van der Waals surface area contributed by atoms with E-state index in [0.29, 0.717) is 0 Å². The summed E-state index contributed by atoms with van der Waals surface area (Å²) in [5, 5.41) is 6.00. The van der Waals surface area contributed by atoms with Crippen molar-refractivity contribution in [2.75, 3.05) is 17.7 Å². The van der Waals surface area contributed by atoms with E-state index < -0.39 is 0 Å². The average Bonchev–Trinajstić information content (AvgIpc) is 2.49. The molecule has 4 nitrogen and oxygen atoms in total. The van der Waals surface area contributed by atoms with Gasteiger partial charge in [-0.1, -0.05) is 18.2 Å². The van der Waals surface area contributed by atoms with E-state index in [9.17, 15) is 4.79 Å². The molecule has 0 saturated heterocycles. The van der Waals surface area contributed by atoms with Gasteiger partial charge in [0.05, 0.1) is 7.11 Å². The van der Waals surface area contributed by atoms with Gasteiger partial charge in [-0.15, -0.1) is 0 Å². The lowest BCUT2D eigenvalue weighted by molar-refractivity contribution is -0.116. The molecule has 0 bridgehead atoms. The van der Waals surface area contributed by atoms with Crippen LogP contribution in [0, 0.1) is 0 Å². The van der Waals surface area contributed by atoms with Crippen LogP contribution in [-0.4, -0.2) is 19.1 Å². The lowest BCUT2D eigenvalue weighted by Crippen LogP contribution is -2.31. The Morgan fingerprint density at radius 3 is 2.25 bits per heavy atom. The molecule has 0 radical (unpaired) electrons. The number of nitrogens with one attached hydrogen (secondary N) is 2. The minimum atomic E-state index is -0.320. The summed E-state index contributed by atoms with van der Waals surface area (Å²) in [6.45, 7) is 1.83. The lowest BCUT2D eigenvalue weighted by Gasteiger charge is -2.15. The summed E-state index contributed by atoms with van der Waals surface area (Å²) in [5.74, 6) is 0.678. The highest BCUT2D eigenvalue weighted by atomic mass is 16.5. The third kappa shape index (κ3) is 3.75. The molecule has 0 fully saturated rings. The number of benzene rings is 2. The predicted octanol–water partition coefficient (Wildman–Crippen LogP) is 3.13. The van der Waals surface area contributed by atoms with Crippen LogP contribution < -0.4 is 15.4 Å². The van der Waals surface area contributed by atoms with Crippen LogP contribution in [0.25, 0.3) is 0 Å². The van der Waals surface area contributed by atoms with Gasteiger partial charge in [-0.05, 0) is 43.3 Å². The Hall–Kier alpha value is -2.49. The normalized spacial score (nSPS) is 11.5. The van der Waals surface area contributed by atoms with Gasteiger partial charge in [0.1, 0.15) is 11.8 Å². The number of para-hydroxylation sites is 1. The van der Waals surface area contributed by atoms with Crippen LogP contribution in [0.5, 0.6) is 5.75 Å². The number of rotatable bonds is 5. The second-order valence-electron chi connectivity index (χ2n) is 4.45. The molecule has 20 heavy (non-hydrogen) atoms. The summed E-state index contributed by atoms with van der Waals surface area (Å²) < 4.78 is 5.08. The van der Waals surface area contributed by atoms with Gasteiger partial charge in [-0.25, -0.2) is 0 Å². The summed E-state index contributed by atoms with van der Waals surface area (Å²) in [6.07, 6.45) is 0. The van der Waals surface area contributed by atoms with E-state index >= 15 is 0 Å². The largest absolute Gasteiger partial charge is 0.497 e. The zero-order valence-corrected chi connectivity index (χ0v) is 11.6. The van der Waals surface area contributed by atoms with E-state index in [4.69, 9.17) is 4.74 Å². The van der Waals surface area contributed by atoms with Crippen molar-refractivity contribution < 1.29 is 9.53 Å². The number of hydrogen-bond donors (Lipinski definition) is 2. The van der Waals surface area contributed by atoms with Crippen LogP contribution in [0.1, 0.15) is 6.92 Å². The van der Waals surface area contributed by atoms with E-state index in [1.165, 1.54) is 0 Å². The third-order valence-electron chi connectivity index (χ3n) is 2.91. The number of ether oxygens (including phenoxy) is 1. The molecule has 2 aromatic carbocycles. The Labute approximate surface area is 118 Å². The van der Waals surface area contributed by atoms with Crippen LogP contribution in [-0.2, 0) is 4.79 Å². The molecule has 0 spiro atoms. The van der Waals surface area contributed by atoms with Crippen molar-refractivity contribution in [2.45, 2.75) is 13.0 Å². The maximum atomic E-state index is 12.1. The monoisotopic (exact) mass is 270 g/mol. The van der Waals surface area contributed by atoms with Crippen LogP contribution in [0.4, 0.5) is 11.4 Å². The molecule has 104 valence electrons. The zero-order valence-electron chi connectivity index (χ0n) is 11.6. The van der Waals surface area contributed by atoms with Crippen molar-refractivity contribution in [3.05, 3.63) is 54.6 Å². The van der Waals surface area contributed by atoms with Crippen molar-refractivity contribution >= 4 is 17.3 Å². The molecule has 1 atom stereocenters.